The Kier molecular flexibility index (Phi) is 5.46. The standard InChI is InChI=1S/C15H31N3/c1-4-16-14-7-5-8-15(11-14)18-10-6-9-17(3)12-13(18)2/h13-16H,4-12H2,1-3H3. The molecule has 2 rings (SSSR count). The number of hydrogen-bond donors (Lipinski definition) is 1. The van der Waals surface area contributed by atoms with Gasteiger partial charge in [-0.05, 0) is 59.3 Å². The van der Waals surface area contributed by atoms with E-state index in [1.807, 2.05) is 0 Å². The first-order valence-corrected chi connectivity index (χ1v) is 7.88. The lowest BCUT2D eigenvalue weighted by atomic mass is 9.89. The lowest BCUT2D eigenvalue weighted by Gasteiger charge is -2.40. The van der Waals surface area contributed by atoms with E-state index in [0.717, 1.165) is 24.7 Å². The van der Waals surface area contributed by atoms with E-state index in [4.69, 9.17) is 0 Å². The highest BCUT2D eigenvalue weighted by atomic mass is 15.2. The molecule has 0 spiro atoms. The Balaban J connectivity index is 1.92. The van der Waals surface area contributed by atoms with Crippen molar-refractivity contribution in [2.24, 2.45) is 0 Å². The Labute approximate surface area is 113 Å². The van der Waals surface area contributed by atoms with Crippen molar-refractivity contribution in [2.45, 2.75) is 64.1 Å². The van der Waals surface area contributed by atoms with E-state index < -0.39 is 0 Å². The smallest absolute Gasteiger partial charge is 0.0197 e. The van der Waals surface area contributed by atoms with Crippen molar-refractivity contribution in [3.8, 4) is 0 Å². The van der Waals surface area contributed by atoms with Crippen molar-refractivity contribution >= 4 is 0 Å². The van der Waals surface area contributed by atoms with Gasteiger partial charge < -0.3 is 10.2 Å². The summed E-state index contributed by atoms with van der Waals surface area (Å²) >= 11 is 0. The van der Waals surface area contributed by atoms with Crippen molar-refractivity contribution < 1.29 is 0 Å². The molecule has 3 heteroatoms. The van der Waals surface area contributed by atoms with E-state index >= 15 is 0 Å². The van der Waals surface area contributed by atoms with E-state index in [1.54, 1.807) is 0 Å². The summed E-state index contributed by atoms with van der Waals surface area (Å²) in [5.74, 6) is 0. The van der Waals surface area contributed by atoms with Gasteiger partial charge in [-0.25, -0.2) is 0 Å². The Morgan fingerprint density at radius 1 is 1.17 bits per heavy atom. The molecule has 3 atom stereocenters. The fourth-order valence-corrected chi connectivity index (χ4v) is 3.87. The number of nitrogens with one attached hydrogen (secondary N) is 1. The van der Waals surface area contributed by atoms with Crippen LogP contribution in [0, 0.1) is 0 Å². The highest BCUT2D eigenvalue weighted by Gasteiger charge is 2.30. The highest BCUT2D eigenvalue weighted by Crippen LogP contribution is 2.26. The molecule has 0 amide bonds. The molecule has 3 unspecified atom stereocenters. The van der Waals surface area contributed by atoms with Crippen LogP contribution >= 0.6 is 0 Å². The third-order valence-corrected chi connectivity index (χ3v) is 4.71. The first kappa shape index (κ1) is 14.3. The molecule has 1 heterocycles. The van der Waals surface area contributed by atoms with Crippen molar-refractivity contribution in [3.05, 3.63) is 0 Å². The minimum Gasteiger partial charge on any atom is -0.314 e. The van der Waals surface area contributed by atoms with Crippen LogP contribution in [0.3, 0.4) is 0 Å². The average Bonchev–Trinajstić information content (AvgIpc) is 2.51. The van der Waals surface area contributed by atoms with Crippen molar-refractivity contribution in [2.75, 3.05) is 33.2 Å². The fourth-order valence-electron chi connectivity index (χ4n) is 3.87. The summed E-state index contributed by atoms with van der Waals surface area (Å²) < 4.78 is 0. The lowest BCUT2D eigenvalue weighted by Crippen LogP contribution is -2.49. The van der Waals surface area contributed by atoms with Crippen molar-refractivity contribution in [3.63, 3.8) is 0 Å². The summed E-state index contributed by atoms with van der Waals surface area (Å²) in [5, 5.41) is 3.66. The SMILES string of the molecule is CCNC1CCCC(N2CCCN(C)CC2C)C1. The molecule has 0 aromatic rings. The molecule has 1 aliphatic carbocycles. The first-order chi connectivity index (χ1) is 8.70. The Morgan fingerprint density at radius 2 is 2.00 bits per heavy atom. The Hall–Kier alpha value is -0.120. The van der Waals surface area contributed by atoms with Crippen LogP contribution in [-0.4, -0.2) is 61.2 Å². The maximum atomic E-state index is 3.66. The molecule has 3 nitrogen and oxygen atoms in total. The maximum absolute atomic E-state index is 3.66. The van der Waals surface area contributed by atoms with Gasteiger partial charge in [0, 0.05) is 24.7 Å². The average molecular weight is 253 g/mol. The van der Waals surface area contributed by atoms with E-state index in [1.165, 1.54) is 51.7 Å². The molecule has 0 bridgehead atoms. The summed E-state index contributed by atoms with van der Waals surface area (Å²) in [6.45, 7) is 9.57. The van der Waals surface area contributed by atoms with Gasteiger partial charge in [0.25, 0.3) is 0 Å². The van der Waals surface area contributed by atoms with E-state index in [0.29, 0.717) is 0 Å². The molecule has 0 aromatic heterocycles. The molecule has 2 fully saturated rings. The number of nitrogens with zero attached hydrogens (tertiary/aromatic N) is 2. The number of rotatable bonds is 3. The minimum atomic E-state index is 0.725. The van der Waals surface area contributed by atoms with Gasteiger partial charge in [-0.15, -0.1) is 0 Å². The van der Waals surface area contributed by atoms with Gasteiger partial charge in [0.05, 0.1) is 0 Å². The monoisotopic (exact) mass is 253 g/mol. The van der Waals surface area contributed by atoms with Crippen molar-refractivity contribution in [1.82, 2.24) is 15.1 Å². The lowest BCUT2D eigenvalue weighted by molar-refractivity contribution is 0.102. The summed E-state index contributed by atoms with van der Waals surface area (Å²) in [4.78, 5) is 5.29. The third kappa shape index (κ3) is 3.69. The van der Waals surface area contributed by atoms with Gasteiger partial charge in [0.2, 0.25) is 0 Å². The van der Waals surface area contributed by atoms with Gasteiger partial charge >= 0.3 is 0 Å². The second-order valence-corrected chi connectivity index (χ2v) is 6.28. The summed E-state index contributed by atoms with van der Waals surface area (Å²) in [5.41, 5.74) is 0. The topological polar surface area (TPSA) is 18.5 Å². The van der Waals surface area contributed by atoms with E-state index in [2.05, 4.69) is 36.0 Å². The molecular weight excluding hydrogens is 222 g/mol. The second-order valence-electron chi connectivity index (χ2n) is 6.28. The zero-order valence-electron chi connectivity index (χ0n) is 12.5. The number of hydrogen-bond acceptors (Lipinski definition) is 3. The van der Waals surface area contributed by atoms with Crippen LogP contribution in [0.2, 0.25) is 0 Å². The molecule has 1 saturated heterocycles. The van der Waals surface area contributed by atoms with Crippen LogP contribution in [-0.2, 0) is 0 Å². The molecule has 106 valence electrons. The van der Waals surface area contributed by atoms with E-state index in [-0.39, 0.29) is 0 Å². The van der Waals surface area contributed by atoms with Gasteiger partial charge in [0.15, 0.2) is 0 Å². The van der Waals surface area contributed by atoms with Gasteiger partial charge in [-0.2, -0.15) is 0 Å². The normalized spacial score (nSPS) is 36.5. The molecule has 0 radical (unpaired) electrons. The largest absolute Gasteiger partial charge is 0.314 e. The zero-order chi connectivity index (χ0) is 13.0. The predicted molar refractivity (Wildman–Crippen MR) is 78.0 cm³/mol. The molecular formula is C15H31N3. The van der Waals surface area contributed by atoms with Crippen LogP contribution in [0.25, 0.3) is 0 Å². The third-order valence-electron chi connectivity index (χ3n) is 4.71. The van der Waals surface area contributed by atoms with Crippen LogP contribution in [0.1, 0.15) is 46.0 Å². The molecule has 0 aromatic carbocycles. The van der Waals surface area contributed by atoms with Crippen LogP contribution < -0.4 is 5.32 Å². The summed E-state index contributed by atoms with van der Waals surface area (Å²) in [6, 6.07) is 2.31. The first-order valence-electron chi connectivity index (χ1n) is 7.88. The fraction of sp³-hybridized carbons (Fsp3) is 1.00. The zero-order valence-corrected chi connectivity index (χ0v) is 12.5. The minimum absolute atomic E-state index is 0.725. The van der Waals surface area contributed by atoms with Gasteiger partial charge in [-0.1, -0.05) is 13.3 Å². The van der Waals surface area contributed by atoms with Crippen LogP contribution in [0.4, 0.5) is 0 Å². The van der Waals surface area contributed by atoms with Crippen LogP contribution in [0.5, 0.6) is 0 Å². The highest BCUT2D eigenvalue weighted by molar-refractivity contribution is 4.87. The molecule has 18 heavy (non-hydrogen) atoms. The van der Waals surface area contributed by atoms with Crippen molar-refractivity contribution in [1.29, 1.82) is 0 Å². The van der Waals surface area contributed by atoms with Gasteiger partial charge in [0.1, 0.15) is 0 Å². The van der Waals surface area contributed by atoms with Crippen LogP contribution in [0.15, 0.2) is 0 Å². The molecule has 1 N–H and O–H groups in total. The quantitative estimate of drug-likeness (QED) is 0.829. The summed E-state index contributed by atoms with van der Waals surface area (Å²) in [7, 11) is 2.27. The maximum Gasteiger partial charge on any atom is 0.0197 e. The molecule has 2 aliphatic rings. The Bertz CT molecular complexity index is 242. The molecule has 1 aliphatic heterocycles. The van der Waals surface area contributed by atoms with Gasteiger partial charge in [-0.3, -0.25) is 4.90 Å². The predicted octanol–water partition coefficient (Wildman–Crippen LogP) is 1.93. The molecule has 1 saturated carbocycles. The Morgan fingerprint density at radius 3 is 2.78 bits per heavy atom. The number of likely N-dealkylation sites (N-methyl/N-ethyl adjacent to an activating group) is 1. The summed E-state index contributed by atoms with van der Waals surface area (Å²) in [6.07, 6.45) is 6.90. The second kappa shape index (κ2) is 6.88. The van der Waals surface area contributed by atoms with E-state index in [9.17, 15) is 0 Å².